The second kappa shape index (κ2) is 5.85. The molecule has 2 N–H and O–H groups in total. The smallest absolute Gasteiger partial charge is 0.260 e. The lowest BCUT2D eigenvalue weighted by Crippen LogP contribution is -2.13. The van der Waals surface area contributed by atoms with Gasteiger partial charge in [0, 0.05) is 11.8 Å². The van der Waals surface area contributed by atoms with Gasteiger partial charge in [-0.25, -0.2) is 4.98 Å². The highest BCUT2D eigenvalue weighted by Crippen LogP contribution is 2.12. The molecule has 0 unspecified atom stereocenters. The molecule has 0 radical (unpaired) electrons. The average Bonchev–Trinajstić information content (AvgIpc) is 2.83. The molecule has 0 bridgehead atoms. The number of amides is 1. The Kier molecular flexibility index (Phi) is 3.96. The number of nitrogens with one attached hydrogen (secondary N) is 1. The van der Waals surface area contributed by atoms with E-state index in [9.17, 15) is 4.79 Å². The predicted molar refractivity (Wildman–Crippen MR) is 69.6 cm³/mol. The van der Waals surface area contributed by atoms with E-state index in [0.717, 1.165) is 0 Å². The van der Waals surface area contributed by atoms with Crippen LogP contribution in [0.25, 0.3) is 0 Å². The fourth-order valence-electron chi connectivity index (χ4n) is 1.52. The number of nitrogens with zero attached hydrogens (tertiary/aromatic N) is 1. The molecule has 0 aliphatic carbocycles. The molecule has 2 heterocycles. The molecule has 5 nitrogen and oxygen atoms in total. The van der Waals surface area contributed by atoms with Crippen LogP contribution in [0.15, 0.2) is 35.1 Å². The first-order chi connectivity index (χ1) is 9.20. The van der Waals surface area contributed by atoms with Crippen LogP contribution in [0.3, 0.4) is 0 Å². The maximum absolute atomic E-state index is 11.9. The summed E-state index contributed by atoms with van der Waals surface area (Å²) in [5.41, 5.74) is 1.14. The van der Waals surface area contributed by atoms with Crippen molar-refractivity contribution in [2.75, 3.05) is 11.9 Å². The van der Waals surface area contributed by atoms with Crippen molar-refractivity contribution in [1.82, 2.24) is 4.98 Å². The third-order valence-electron chi connectivity index (χ3n) is 2.42. The molecule has 0 saturated heterocycles. The largest absolute Gasteiger partial charge is 0.469 e. The minimum absolute atomic E-state index is 0.210. The summed E-state index contributed by atoms with van der Waals surface area (Å²) in [6.07, 6.45) is 3.00. The zero-order chi connectivity index (χ0) is 13.7. The molecule has 2 aromatic heterocycles. The van der Waals surface area contributed by atoms with Gasteiger partial charge in [0.15, 0.2) is 0 Å². The topological polar surface area (TPSA) is 75.4 Å². The molecule has 0 fully saturated rings. The number of rotatable bonds is 2. The number of carbonyl (C=O) groups excluding carboxylic acids is 1. The molecular formula is C14H12N2O3. The summed E-state index contributed by atoms with van der Waals surface area (Å²) in [5, 5.41) is 11.3. The van der Waals surface area contributed by atoms with Crippen LogP contribution in [0.5, 0.6) is 0 Å². The molecular weight excluding hydrogens is 244 g/mol. The van der Waals surface area contributed by atoms with E-state index in [1.54, 1.807) is 31.3 Å². The van der Waals surface area contributed by atoms with Crippen molar-refractivity contribution >= 4 is 11.7 Å². The molecule has 0 spiro atoms. The predicted octanol–water partition coefficient (Wildman–Crippen LogP) is 1.58. The number of pyridine rings is 1. The van der Waals surface area contributed by atoms with Gasteiger partial charge in [0.1, 0.15) is 18.2 Å². The summed E-state index contributed by atoms with van der Waals surface area (Å²) in [6.45, 7) is 1.50. The van der Waals surface area contributed by atoms with E-state index in [-0.39, 0.29) is 12.5 Å². The number of aromatic nitrogens is 1. The zero-order valence-electron chi connectivity index (χ0n) is 10.3. The maximum atomic E-state index is 11.9. The van der Waals surface area contributed by atoms with Crippen molar-refractivity contribution in [3.8, 4) is 11.8 Å². The van der Waals surface area contributed by atoms with Crippen molar-refractivity contribution in [3.63, 3.8) is 0 Å². The number of hydrogen-bond acceptors (Lipinski definition) is 4. The Bertz CT molecular complexity index is 650. The molecule has 2 rings (SSSR count). The van der Waals surface area contributed by atoms with E-state index in [4.69, 9.17) is 9.52 Å². The first-order valence-corrected chi connectivity index (χ1v) is 5.62. The molecule has 1 amide bonds. The highest BCUT2D eigenvalue weighted by atomic mass is 16.3. The Balaban J connectivity index is 2.15. The quantitative estimate of drug-likeness (QED) is 0.800. The van der Waals surface area contributed by atoms with Crippen molar-refractivity contribution in [3.05, 3.63) is 47.5 Å². The molecule has 0 aromatic carbocycles. The lowest BCUT2D eigenvalue weighted by Gasteiger charge is -2.03. The van der Waals surface area contributed by atoms with Crippen molar-refractivity contribution in [1.29, 1.82) is 0 Å². The Morgan fingerprint density at radius 1 is 1.53 bits per heavy atom. The molecule has 0 atom stereocenters. The van der Waals surface area contributed by atoms with Crippen molar-refractivity contribution < 1.29 is 14.3 Å². The van der Waals surface area contributed by atoms with Crippen LogP contribution in [-0.2, 0) is 0 Å². The summed E-state index contributed by atoms with van der Waals surface area (Å²) in [7, 11) is 0. The van der Waals surface area contributed by atoms with Crippen LogP contribution < -0.4 is 5.32 Å². The Morgan fingerprint density at radius 3 is 3.05 bits per heavy atom. The number of anilines is 1. The van der Waals surface area contributed by atoms with E-state index in [2.05, 4.69) is 22.1 Å². The fourth-order valence-corrected chi connectivity index (χ4v) is 1.52. The maximum Gasteiger partial charge on any atom is 0.260 e. The van der Waals surface area contributed by atoms with Crippen LogP contribution in [0.1, 0.15) is 21.7 Å². The first kappa shape index (κ1) is 12.9. The number of carbonyl (C=O) groups is 1. The SMILES string of the molecule is Cc1occc1C(=O)Nc1cc(C#CCO)ccn1. The van der Waals surface area contributed by atoms with Gasteiger partial charge >= 0.3 is 0 Å². The van der Waals surface area contributed by atoms with Gasteiger partial charge < -0.3 is 14.8 Å². The van der Waals surface area contributed by atoms with Crippen LogP contribution in [0.2, 0.25) is 0 Å². The second-order valence-corrected chi connectivity index (χ2v) is 3.73. The first-order valence-electron chi connectivity index (χ1n) is 5.62. The minimum Gasteiger partial charge on any atom is -0.469 e. The Labute approximate surface area is 110 Å². The Hall–Kier alpha value is -2.58. The summed E-state index contributed by atoms with van der Waals surface area (Å²) in [5.74, 6) is 5.94. The van der Waals surface area contributed by atoms with E-state index in [0.29, 0.717) is 22.7 Å². The third kappa shape index (κ3) is 3.21. The highest BCUT2D eigenvalue weighted by Gasteiger charge is 2.11. The summed E-state index contributed by atoms with van der Waals surface area (Å²) < 4.78 is 5.07. The van der Waals surface area contributed by atoms with E-state index >= 15 is 0 Å². The molecule has 2 aromatic rings. The number of aryl methyl sites for hydroxylation is 1. The van der Waals surface area contributed by atoms with Gasteiger partial charge in [0.25, 0.3) is 5.91 Å². The summed E-state index contributed by atoms with van der Waals surface area (Å²) in [6, 6.07) is 4.93. The standard InChI is InChI=1S/C14H12N2O3/c1-10-12(5-8-19-10)14(18)16-13-9-11(3-2-7-17)4-6-15-13/h4-6,8-9,17H,7H2,1H3,(H,15,16,18). The fraction of sp³-hybridized carbons (Fsp3) is 0.143. The number of hydrogen-bond donors (Lipinski definition) is 2. The van der Waals surface area contributed by atoms with Gasteiger partial charge in [-0.05, 0) is 25.1 Å². The van der Waals surface area contributed by atoms with Gasteiger partial charge in [0.05, 0.1) is 11.8 Å². The monoisotopic (exact) mass is 256 g/mol. The molecule has 0 aliphatic heterocycles. The number of aliphatic hydroxyl groups is 1. The number of furan rings is 1. The van der Waals surface area contributed by atoms with E-state index in [1.165, 1.54) is 6.26 Å². The third-order valence-corrected chi connectivity index (χ3v) is 2.42. The Morgan fingerprint density at radius 2 is 2.37 bits per heavy atom. The summed E-state index contributed by atoms with van der Waals surface area (Å²) in [4.78, 5) is 16.0. The van der Waals surface area contributed by atoms with Crippen molar-refractivity contribution in [2.45, 2.75) is 6.92 Å². The number of aliphatic hydroxyl groups excluding tert-OH is 1. The summed E-state index contributed by atoms with van der Waals surface area (Å²) >= 11 is 0. The van der Waals surface area contributed by atoms with Gasteiger partial charge in [0.2, 0.25) is 0 Å². The van der Waals surface area contributed by atoms with Gasteiger partial charge in [-0.15, -0.1) is 0 Å². The van der Waals surface area contributed by atoms with E-state index in [1.807, 2.05) is 0 Å². The molecule has 5 heteroatoms. The van der Waals surface area contributed by atoms with Crippen LogP contribution in [0.4, 0.5) is 5.82 Å². The van der Waals surface area contributed by atoms with Crippen LogP contribution >= 0.6 is 0 Å². The zero-order valence-corrected chi connectivity index (χ0v) is 10.3. The van der Waals surface area contributed by atoms with Gasteiger partial charge in [-0.2, -0.15) is 0 Å². The molecule has 19 heavy (non-hydrogen) atoms. The lowest BCUT2D eigenvalue weighted by molar-refractivity contribution is 0.102. The van der Waals surface area contributed by atoms with Gasteiger partial charge in [-0.1, -0.05) is 11.8 Å². The molecule has 96 valence electrons. The highest BCUT2D eigenvalue weighted by molar-refractivity contribution is 6.04. The second-order valence-electron chi connectivity index (χ2n) is 3.73. The molecule has 0 aliphatic rings. The van der Waals surface area contributed by atoms with E-state index < -0.39 is 0 Å². The van der Waals surface area contributed by atoms with Gasteiger partial charge in [-0.3, -0.25) is 4.79 Å². The van der Waals surface area contributed by atoms with Crippen LogP contribution in [-0.4, -0.2) is 22.6 Å². The normalized spacial score (nSPS) is 9.58. The average molecular weight is 256 g/mol. The minimum atomic E-state index is -0.286. The molecule has 0 saturated carbocycles. The van der Waals surface area contributed by atoms with Crippen molar-refractivity contribution in [2.24, 2.45) is 0 Å². The lowest BCUT2D eigenvalue weighted by atomic mass is 10.2. The van der Waals surface area contributed by atoms with Crippen LogP contribution in [0, 0.1) is 18.8 Å².